The fraction of sp³-hybridized carbons (Fsp3) is 0.562. The highest BCUT2D eigenvalue weighted by Crippen LogP contribution is 2.29. The maximum absolute atomic E-state index is 12.3. The summed E-state index contributed by atoms with van der Waals surface area (Å²) in [5.41, 5.74) is -1.79. The number of nitrogens with one attached hydrogen (secondary N) is 1. The van der Waals surface area contributed by atoms with Gasteiger partial charge >= 0.3 is 0 Å². The van der Waals surface area contributed by atoms with Crippen molar-refractivity contribution in [3.8, 4) is 5.75 Å². The van der Waals surface area contributed by atoms with E-state index < -0.39 is 11.2 Å². The molecule has 0 atom stereocenters. The predicted octanol–water partition coefficient (Wildman–Crippen LogP) is 2.92. The average Bonchev–Trinajstić information content (AvgIpc) is 2.83. The van der Waals surface area contributed by atoms with Gasteiger partial charge in [0.1, 0.15) is 5.75 Å². The zero-order valence-electron chi connectivity index (χ0n) is 12.5. The number of amides is 1. The van der Waals surface area contributed by atoms with Gasteiger partial charge in [-0.2, -0.15) is 0 Å². The summed E-state index contributed by atoms with van der Waals surface area (Å²) in [6.07, 6.45) is 3.50. The second-order valence-corrected chi connectivity index (χ2v) is 6.62. The number of aliphatic hydroxyl groups is 1. The van der Waals surface area contributed by atoms with Crippen LogP contribution in [0.5, 0.6) is 5.75 Å². The molecular weight excluding hydrogens is 290 g/mol. The van der Waals surface area contributed by atoms with Crippen molar-refractivity contribution in [1.82, 2.24) is 5.32 Å². The maximum atomic E-state index is 12.3. The van der Waals surface area contributed by atoms with Gasteiger partial charge in [-0.15, -0.1) is 0 Å². The smallest absolute Gasteiger partial charge is 0.263 e. The first-order valence-electron chi connectivity index (χ1n) is 7.26. The SMILES string of the molecule is CC(C)(Oc1cccc(Cl)c1)C(=O)NCC1(O)CCCC1. The Morgan fingerprint density at radius 2 is 2.10 bits per heavy atom. The van der Waals surface area contributed by atoms with Crippen LogP contribution < -0.4 is 10.1 Å². The standard InChI is InChI=1S/C16H22ClNO3/c1-15(2,21-13-7-5-6-12(17)10-13)14(19)18-11-16(20)8-3-4-9-16/h5-7,10,20H,3-4,8-9,11H2,1-2H3,(H,18,19). The van der Waals surface area contributed by atoms with Crippen LogP contribution in [0.2, 0.25) is 5.02 Å². The van der Waals surface area contributed by atoms with E-state index in [2.05, 4.69) is 5.32 Å². The highest BCUT2D eigenvalue weighted by Gasteiger charge is 2.35. The lowest BCUT2D eigenvalue weighted by atomic mass is 10.0. The number of hydrogen-bond donors (Lipinski definition) is 2. The zero-order valence-corrected chi connectivity index (χ0v) is 13.2. The van der Waals surface area contributed by atoms with Gasteiger partial charge in [0.2, 0.25) is 0 Å². The number of halogens is 1. The van der Waals surface area contributed by atoms with Gasteiger partial charge in [-0.3, -0.25) is 4.79 Å². The molecule has 0 heterocycles. The molecule has 0 aromatic heterocycles. The number of carbonyl (C=O) groups is 1. The Hall–Kier alpha value is -1.26. The quantitative estimate of drug-likeness (QED) is 0.879. The van der Waals surface area contributed by atoms with Crippen molar-refractivity contribution >= 4 is 17.5 Å². The summed E-state index contributed by atoms with van der Waals surface area (Å²) in [6.45, 7) is 3.66. The molecule has 1 aliphatic carbocycles. The second-order valence-electron chi connectivity index (χ2n) is 6.18. The Kier molecular flexibility index (Phi) is 4.79. The van der Waals surface area contributed by atoms with Crippen LogP contribution >= 0.6 is 11.6 Å². The molecule has 1 aliphatic rings. The molecule has 1 aromatic carbocycles. The van der Waals surface area contributed by atoms with Crippen molar-refractivity contribution in [2.45, 2.75) is 50.7 Å². The van der Waals surface area contributed by atoms with Crippen LogP contribution in [0.4, 0.5) is 0 Å². The van der Waals surface area contributed by atoms with E-state index in [1.807, 2.05) is 0 Å². The molecule has 0 radical (unpaired) electrons. The Morgan fingerprint density at radius 3 is 2.71 bits per heavy atom. The largest absolute Gasteiger partial charge is 0.478 e. The molecule has 5 heteroatoms. The summed E-state index contributed by atoms with van der Waals surface area (Å²) in [7, 11) is 0. The van der Waals surface area contributed by atoms with E-state index in [9.17, 15) is 9.90 Å². The Balaban J connectivity index is 1.93. The molecule has 21 heavy (non-hydrogen) atoms. The molecule has 0 saturated heterocycles. The fourth-order valence-electron chi connectivity index (χ4n) is 2.54. The van der Waals surface area contributed by atoms with E-state index in [0.29, 0.717) is 10.8 Å². The second kappa shape index (κ2) is 6.24. The average molecular weight is 312 g/mol. The van der Waals surface area contributed by atoms with E-state index in [-0.39, 0.29) is 12.5 Å². The molecule has 1 amide bonds. The summed E-state index contributed by atoms with van der Waals surface area (Å²) in [6, 6.07) is 6.94. The third kappa shape index (κ3) is 4.35. The summed E-state index contributed by atoms with van der Waals surface area (Å²) in [4.78, 5) is 12.3. The highest BCUT2D eigenvalue weighted by atomic mass is 35.5. The summed E-state index contributed by atoms with van der Waals surface area (Å²) >= 11 is 5.91. The number of benzene rings is 1. The molecule has 4 nitrogen and oxygen atoms in total. The Labute approximate surface area is 130 Å². The zero-order chi connectivity index (χ0) is 15.5. The van der Waals surface area contributed by atoms with Crippen molar-refractivity contribution in [2.24, 2.45) is 0 Å². The minimum Gasteiger partial charge on any atom is -0.478 e. The first-order valence-corrected chi connectivity index (χ1v) is 7.64. The monoisotopic (exact) mass is 311 g/mol. The highest BCUT2D eigenvalue weighted by molar-refractivity contribution is 6.30. The van der Waals surface area contributed by atoms with Crippen LogP contribution in [0.1, 0.15) is 39.5 Å². The van der Waals surface area contributed by atoms with Gasteiger partial charge in [-0.25, -0.2) is 0 Å². The third-order valence-electron chi connectivity index (χ3n) is 3.83. The van der Waals surface area contributed by atoms with Crippen molar-refractivity contribution < 1.29 is 14.6 Å². The molecule has 2 N–H and O–H groups in total. The van der Waals surface area contributed by atoms with Crippen LogP contribution in [0, 0.1) is 0 Å². The van der Waals surface area contributed by atoms with Gasteiger partial charge in [0.05, 0.1) is 5.60 Å². The first-order chi connectivity index (χ1) is 9.81. The lowest BCUT2D eigenvalue weighted by Crippen LogP contribution is -2.51. The number of rotatable bonds is 5. The summed E-state index contributed by atoms with van der Waals surface area (Å²) < 4.78 is 5.71. The van der Waals surface area contributed by atoms with E-state index in [0.717, 1.165) is 25.7 Å². The molecule has 1 saturated carbocycles. The maximum Gasteiger partial charge on any atom is 0.263 e. The van der Waals surface area contributed by atoms with Crippen LogP contribution in [-0.2, 0) is 4.79 Å². The minimum absolute atomic E-state index is 0.247. The van der Waals surface area contributed by atoms with E-state index in [4.69, 9.17) is 16.3 Å². The Morgan fingerprint density at radius 1 is 1.43 bits per heavy atom. The third-order valence-corrected chi connectivity index (χ3v) is 4.06. The van der Waals surface area contributed by atoms with Crippen LogP contribution in [0.3, 0.4) is 0 Å². The molecular formula is C16H22ClNO3. The van der Waals surface area contributed by atoms with Gasteiger partial charge in [-0.05, 0) is 44.9 Å². The number of carbonyl (C=O) groups excluding carboxylic acids is 1. The van der Waals surface area contributed by atoms with E-state index in [1.54, 1.807) is 38.1 Å². The van der Waals surface area contributed by atoms with Crippen LogP contribution in [-0.4, -0.2) is 28.8 Å². The van der Waals surface area contributed by atoms with Gasteiger partial charge in [0, 0.05) is 11.6 Å². The molecule has 0 bridgehead atoms. The van der Waals surface area contributed by atoms with Gasteiger partial charge in [0.15, 0.2) is 5.60 Å². The Bertz CT molecular complexity index is 510. The first kappa shape index (κ1) is 16.1. The molecule has 1 fully saturated rings. The van der Waals surface area contributed by atoms with Crippen molar-refractivity contribution in [1.29, 1.82) is 0 Å². The van der Waals surface area contributed by atoms with E-state index in [1.165, 1.54) is 0 Å². The molecule has 0 unspecified atom stereocenters. The van der Waals surface area contributed by atoms with Gasteiger partial charge in [-0.1, -0.05) is 30.5 Å². The molecule has 2 rings (SSSR count). The predicted molar refractivity (Wildman–Crippen MR) is 82.6 cm³/mol. The van der Waals surface area contributed by atoms with Crippen molar-refractivity contribution in [3.05, 3.63) is 29.3 Å². The minimum atomic E-state index is -1.03. The summed E-state index contributed by atoms with van der Waals surface area (Å²) in [5.74, 6) is 0.296. The molecule has 0 spiro atoms. The van der Waals surface area contributed by atoms with Crippen molar-refractivity contribution in [3.63, 3.8) is 0 Å². The van der Waals surface area contributed by atoms with Crippen LogP contribution in [0.25, 0.3) is 0 Å². The van der Waals surface area contributed by atoms with E-state index >= 15 is 0 Å². The van der Waals surface area contributed by atoms with Crippen molar-refractivity contribution in [2.75, 3.05) is 6.54 Å². The lowest BCUT2D eigenvalue weighted by molar-refractivity contribution is -0.135. The number of ether oxygens (including phenoxy) is 1. The van der Waals surface area contributed by atoms with Crippen LogP contribution in [0.15, 0.2) is 24.3 Å². The normalized spacial score (nSPS) is 17.5. The lowest BCUT2D eigenvalue weighted by Gasteiger charge is -2.28. The van der Waals surface area contributed by atoms with Gasteiger partial charge in [0.25, 0.3) is 5.91 Å². The molecule has 116 valence electrons. The molecule has 1 aromatic rings. The topological polar surface area (TPSA) is 58.6 Å². The fourth-order valence-corrected chi connectivity index (χ4v) is 2.72. The summed E-state index contributed by atoms with van der Waals surface area (Å²) in [5, 5.41) is 13.6. The number of hydrogen-bond acceptors (Lipinski definition) is 3. The van der Waals surface area contributed by atoms with Gasteiger partial charge < -0.3 is 15.2 Å². The molecule has 0 aliphatic heterocycles.